The Bertz CT molecular complexity index is 518. The molecule has 0 spiro atoms. The predicted molar refractivity (Wildman–Crippen MR) is 80.2 cm³/mol. The van der Waals surface area contributed by atoms with Crippen molar-refractivity contribution in [3.63, 3.8) is 0 Å². The summed E-state index contributed by atoms with van der Waals surface area (Å²) in [6.07, 6.45) is 0.967. The minimum atomic E-state index is 0.342. The topological polar surface area (TPSA) is 29.9 Å². The average molecular weight is 328 g/mol. The van der Waals surface area contributed by atoms with Gasteiger partial charge in [-0.1, -0.05) is 0 Å². The molecule has 0 aromatic carbocycles. The second-order valence-corrected chi connectivity index (χ2v) is 6.61. The number of aromatic nitrogens is 2. The second-order valence-electron chi connectivity index (χ2n) is 4.32. The maximum Gasteiger partial charge on any atom is 0.0701 e. The minimum absolute atomic E-state index is 0.342. The fourth-order valence-electron chi connectivity index (χ4n) is 2.14. The maximum absolute atomic E-state index is 4.50. The molecule has 0 bridgehead atoms. The highest BCUT2D eigenvalue weighted by Gasteiger charge is 2.15. The van der Waals surface area contributed by atoms with Crippen molar-refractivity contribution in [3.8, 4) is 0 Å². The first kappa shape index (κ1) is 13.8. The van der Waals surface area contributed by atoms with Crippen molar-refractivity contribution >= 4 is 27.3 Å². The highest BCUT2D eigenvalue weighted by molar-refractivity contribution is 9.11. The molecule has 1 unspecified atom stereocenters. The van der Waals surface area contributed by atoms with E-state index >= 15 is 0 Å². The Morgan fingerprint density at radius 1 is 1.50 bits per heavy atom. The molecule has 3 nitrogen and oxygen atoms in total. The van der Waals surface area contributed by atoms with Crippen LogP contribution in [0.3, 0.4) is 0 Å². The van der Waals surface area contributed by atoms with Crippen molar-refractivity contribution in [3.05, 3.63) is 38.3 Å². The minimum Gasteiger partial charge on any atom is -0.313 e. The number of hydrogen-bond acceptors (Lipinski definition) is 3. The lowest BCUT2D eigenvalue weighted by molar-refractivity contribution is 0.542. The Hall–Kier alpha value is -0.650. The van der Waals surface area contributed by atoms with E-state index in [4.69, 9.17) is 0 Å². The van der Waals surface area contributed by atoms with E-state index in [-0.39, 0.29) is 0 Å². The molecule has 98 valence electrons. The van der Waals surface area contributed by atoms with Gasteiger partial charge in [0.2, 0.25) is 0 Å². The lowest BCUT2D eigenvalue weighted by atomic mass is 10.1. The van der Waals surface area contributed by atoms with E-state index in [1.54, 1.807) is 11.3 Å². The third-order valence-electron chi connectivity index (χ3n) is 3.04. The molecule has 1 N–H and O–H groups in total. The van der Waals surface area contributed by atoms with Gasteiger partial charge in [0.25, 0.3) is 0 Å². The summed E-state index contributed by atoms with van der Waals surface area (Å²) in [4.78, 5) is 0. The Balaban J connectivity index is 2.19. The van der Waals surface area contributed by atoms with Gasteiger partial charge in [-0.25, -0.2) is 0 Å². The van der Waals surface area contributed by atoms with Crippen molar-refractivity contribution < 1.29 is 0 Å². The largest absolute Gasteiger partial charge is 0.313 e. The summed E-state index contributed by atoms with van der Waals surface area (Å²) in [7, 11) is 2.01. The van der Waals surface area contributed by atoms with Crippen LogP contribution in [0.4, 0.5) is 0 Å². The zero-order valence-electron chi connectivity index (χ0n) is 10.9. The van der Waals surface area contributed by atoms with Gasteiger partial charge in [0.1, 0.15) is 0 Å². The fourth-order valence-corrected chi connectivity index (χ4v) is 3.37. The van der Waals surface area contributed by atoms with Gasteiger partial charge >= 0.3 is 0 Å². The molecule has 0 saturated carbocycles. The van der Waals surface area contributed by atoms with E-state index in [9.17, 15) is 0 Å². The van der Waals surface area contributed by atoms with E-state index in [1.165, 1.54) is 15.0 Å². The Morgan fingerprint density at radius 2 is 2.28 bits per heavy atom. The normalized spacial score (nSPS) is 12.9. The molecule has 0 saturated heterocycles. The SMILES string of the molecule is CCn1nc(C)cc1CC(NC)c1csc(Br)c1. The lowest BCUT2D eigenvalue weighted by Gasteiger charge is -2.15. The van der Waals surface area contributed by atoms with Crippen LogP contribution in [0.1, 0.15) is 29.9 Å². The van der Waals surface area contributed by atoms with Crippen LogP contribution in [0.2, 0.25) is 0 Å². The Morgan fingerprint density at radius 3 is 2.83 bits per heavy atom. The number of hydrogen-bond donors (Lipinski definition) is 1. The van der Waals surface area contributed by atoms with E-state index in [1.807, 2.05) is 14.0 Å². The lowest BCUT2D eigenvalue weighted by Crippen LogP contribution is -2.20. The van der Waals surface area contributed by atoms with Crippen molar-refractivity contribution in [2.45, 2.75) is 32.9 Å². The summed E-state index contributed by atoms with van der Waals surface area (Å²) in [6, 6.07) is 4.70. The van der Waals surface area contributed by atoms with Crippen LogP contribution in [0.25, 0.3) is 0 Å². The van der Waals surface area contributed by atoms with Crippen molar-refractivity contribution in [1.29, 1.82) is 0 Å². The van der Waals surface area contributed by atoms with E-state index in [0.717, 1.165) is 18.7 Å². The molecule has 0 aliphatic heterocycles. The maximum atomic E-state index is 4.50. The van der Waals surface area contributed by atoms with E-state index in [2.05, 4.69) is 55.5 Å². The fraction of sp³-hybridized carbons (Fsp3) is 0.462. The van der Waals surface area contributed by atoms with Gasteiger partial charge < -0.3 is 5.32 Å². The van der Waals surface area contributed by atoms with Gasteiger partial charge in [-0.3, -0.25) is 4.68 Å². The number of nitrogens with zero attached hydrogens (tertiary/aromatic N) is 2. The number of rotatable bonds is 5. The van der Waals surface area contributed by atoms with Crippen LogP contribution in [-0.4, -0.2) is 16.8 Å². The van der Waals surface area contributed by atoms with Crippen LogP contribution in [0.15, 0.2) is 21.3 Å². The molecule has 0 amide bonds. The molecule has 2 rings (SSSR count). The molecule has 2 aromatic rings. The number of likely N-dealkylation sites (N-methyl/N-ethyl adjacent to an activating group) is 1. The van der Waals surface area contributed by atoms with Crippen molar-refractivity contribution in [2.24, 2.45) is 0 Å². The molecular formula is C13H18BrN3S. The van der Waals surface area contributed by atoms with Gasteiger partial charge in [-0.15, -0.1) is 11.3 Å². The molecule has 1 atom stereocenters. The number of halogens is 1. The van der Waals surface area contributed by atoms with Crippen molar-refractivity contribution in [1.82, 2.24) is 15.1 Å². The van der Waals surface area contributed by atoms with Gasteiger partial charge in [-0.05, 0) is 59.9 Å². The Kier molecular flexibility index (Phi) is 4.59. The molecule has 2 aromatic heterocycles. The standard InChI is InChI=1S/C13H18BrN3S/c1-4-17-11(5-9(2)16-17)7-12(15-3)10-6-13(14)18-8-10/h5-6,8,12,15H,4,7H2,1-3H3. The molecule has 0 aliphatic rings. The first-order valence-corrected chi connectivity index (χ1v) is 7.75. The van der Waals surface area contributed by atoms with Crippen LogP contribution < -0.4 is 5.32 Å². The molecule has 0 radical (unpaired) electrons. The summed E-state index contributed by atoms with van der Waals surface area (Å²) in [5.41, 5.74) is 3.71. The van der Waals surface area contributed by atoms with Gasteiger partial charge in [0, 0.05) is 24.7 Å². The highest BCUT2D eigenvalue weighted by Crippen LogP contribution is 2.27. The Labute approximate surface area is 120 Å². The van der Waals surface area contributed by atoms with Crippen LogP contribution in [-0.2, 0) is 13.0 Å². The molecule has 2 heterocycles. The van der Waals surface area contributed by atoms with Crippen LogP contribution >= 0.6 is 27.3 Å². The summed E-state index contributed by atoms with van der Waals surface area (Å²) < 4.78 is 3.26. The molecule has 18 heavy (non-hydrogen) atoms. The number of aryl methyl sites for hydroxylation is 2. The van der Waals surface area contributed by atoms with Gasteiger partial charge in [0.15, 0.2) is 0 Å². The second kappa shape index (κ2) is 5.99. The quantitative estimate of drug-likeness (QED) is 0.910. The predicted octanol–water partition coefficient (Wildman–Crippen LogP) is 3.54. The smallest absolute Gasteiger partial charge is 0.0701 e. The molecule has 5 heteroatoms. The molecular weight excluding hydrogens is 310 g/mol. The monoisotopic (exact) mass is 327 g/mol. The molecule has 0 fully saturated rings. The zero-order valence-corrected chi connectivity index (χ0v) is 13.3. The number of thiophene rings is 1. The van der Waals surface area contributed by atoms with E-state index in [0.29, 0.717) is 6.04 Å². The highest BCUT2D eigenvalue weighted by atomic mass is 79.9. The third-order valence-corrected chi connectivity index (χ3v) is 4.56. The molecule has 0 aliphatic carbocycles. The van der Waals surface area contributed by atoms with Crippen LogP contribution in [0.5, 0.6) is 0 Å². The first-order chi connectivity index (χ1) is 8.63. The van der Waals surface area contributed by atoms with E-state index < -0.39 is 0 Å². The van der Waals surface area contributed by atoms with Gasteiger partial charge in [0.05, 0.1) is 9.48 Å². The summed E-state index contributed by atoms with van der Waals surface area (Å²) in [5.74, 6) is 0. The number of nitrogens with one attached hydrogen (secondary N) is 1. The first-order valence-electron chi connectivity index (χ1n) is 6.08. The van der Waals surface area contributed by atoms with Crippen LogP contribution in [0, 0.1) is 6.92 Å². The zero-order chi connectivity index (χ0) is 13.1. The van der Waals surface area contributed by atoms with Gasteiger partial charge in [-0.2, -0.15) is 5.10 Å². The third kappa shape index (κ3) is 3.02. The summed E-state index contributed by atoms with van der Waals surface area (Å²) in [6.45, 7) is 5.10. The summed E-state index contributed by atoms with van der Waals surface area (Å²) >= 11 is 5.25. The van der Waals surface area contributed by atoms with Crippen molar-refractivity contribution in [2.75, 3.05) is 7.05 Å². The summed E-state index contributed by atoms with van der Waals surface area (Å²) in [5, 5.41) is 10.1. The average Bonchev–Trinajstić information content (AvgIpc) is 2.92.